The summed E-state index contributed by atoms with van der Waals surface area (Å²) in [5.74, 6) is -2.73. The van der Waals surface area contributed by atoms with Gasteiger partial charge in [-0.25, -0.2) is 14.4 Å². The quantitative estimate of drug-likeness (QED) is 0.146. The molecular weight excluding hydrogens is 516 g/mol. The first-order chi connectivity index (χ1) is 18.2. The number of esters is 3. The van der Waals surface area contributed by atoms with Gasteiger partial charge in [0.2, 0.25) is 0 Å². The van der Waals surface area contributed by atoms with E-state index in [0.29, 0.717) is 0 Å². The van der Waals surface area contributed by atoms with Crippen LogP contribution in [0, 0.1) is 0 Å². The molecule has 0 saturated heterocycles. The van der Waals surface area contributed by atoms with E-state index in [-0.39, 0.29) is 23.0 Å². The van der Waals surface area contributed by atoms with Crippen molar-refractivity contribution >= 4 is 34.3 Å². The average Bonchev–Trinajstić information content (AvgIpc) is 2.93. The minimum absolute atomic E-state index is 0.0657. The number of benzene rings is 3. The van der Waals surface area contributed by atoms with Crippen LogP contribution < -0.4 is 0 Å². The summed E-state index contributed by atoms with van der Waals surface area (Å²) in [7, 11) is -4.24. The van der Waals surface area contributed by atoms with E-state index in [1.807, 2.05) is 0 Å². The SMILES string of the molecule is CS(=O)(=O)O[C@@H](COC(=O)c1ccccc1)[C@@H](OC(=O)c1ccccc1)[C@H](C=O)OC(=O)c1ccccc1. The van der Waals surface area contributed by atoms with Crippen molar-refractivity contribution in [2.45, 2.75) is 18.3 Å². The fourth-order valence-electron chi connectivity index (χ4n) is 3.28. The summed E-state index contributed by atoms with van der Waals surface area (Å²) in [4.78, 5) is 50.1. The lowest BCUT2D eigenvalue weighted by Gasteiger charge is -2.29. The molecule has 0 N–H and O–H groups in total. The Morgan fingerprint density at radius 2 is 1.13 bits per heavy atom. The lowest BCUT2D eigenvalue weighted by Crippen LogP contribution is -2.48. The second-order valence-electron chi connectivity index (χ2n) is 7.91. The summed E-state index contributed by atoms with van der Waals surface area (Å²) in [6.45, 7) is -0.763. The van der Waals surface area contributed by atoms with Crippen LogP contribution in [0.4, 0.5) is 0 Å². The molecule has 0 amide bonds. The molecule has 38 heavy (non-hydrogen) atoms. The molecule has 0 radical (unpaired) electrons. The van der Waals surface area contributed by atoms with Crippen molar-refractivity contribution in [2.24, 2.45) is 0 Å². The Hall–Kier alpha value is -4.35. The zero-order chi connectivity index (χ0) is 27.5. The highest BCUT2D eigenvalue weighted by atomic mass is 32.2. The smallest absolute Gasteiger partial charge is 0.338 e. The van der Waals surface area contributed by atoms with E-state index in [2.05, 4.69) is 0 Å². The molecule has 0 aliphatic heterocycles. The lowest BCUT2D eigenvalue weighted by atomic mass is 10.1. The summed E-state index contributed by atoms with van der Waals surface area (Å²) in [6, 6.07) is 23.1. The van der Waals surface area contributed by atoms with Crippen molar-refractivity contribution in [1.29, 1.82) is 0 Å². The predicted octanol–water partition coefficient (Wildman–Crippen LogP) is 2.84. The molecule has 0 heterocycles. The number of hydrogen-bond acceptors (Lipinski definition) is 10. The van der Waals surface area contributed by atoms with Crippen molar-refractivity contribution in [1.82, 2.24) is 0 Å². The third-order valence-corrected chi connectivity index (χ3v) is 5.61. The Morgan fingerprint density at radius 1 is 0.711 bits per heavy atom. The summed E-state index contributed by atoms with van der Waals surface area (Å²) in [5.41, 5.74) is 0.311. The Kier molecular flexibility index (Phi) is 9.85. The average molecular weight is 541 g/mol. The fourth-order valence-corrected chi connectivity index (χ4v) is 3.89. The second-order valence-corrected chi connectivity index (χ2v) is 9.51. The van der Waals surface area contributed by atoms with Crippen LogP contribution in [-0.4, -0.2) is 63.8 Å². The van der Waals surface area contributed by atoms with Crippen molar-refractivity contribution in [3.63, 3.8) is 0 Å². The van der Waals surface area contributed by atoms with Crippen LogP contribution in [0.15, 0.2) is 91.0 Å². The lowest BCUT2D eigenvalue weighted by molar-refractivity contribution is -0.128. The van der Waals surface area contributed by atoms with Crippen LogP contribution >= 0.6 is 0 Å². The van der Waals surface area contributed by atoms with E-state index >= 15 is 0 Å². The molecule has 3 aromatic rings. The zero-order valence-electron chi connectivity index (χ0n) is 20.2. The fraction of sp³-hybridized carbons (Fsp3) is 0.185. The largest absolute Gasteiger partial charge is 0.459 e. The van der Waals surface area contributed by atoms with Gasteiger partial charge < -0.3 is 14.2 Å². The Labute approximate surface area is 219 Å². The standard InChI is InChI=1S/C27H24O10S/c1-38(32,33)37-23(18-34-25(29)19-11-5-2-6-12-19)24(36-27(31)21-15-9-4-10-16-21)22(17-28)35-26(30)20-13-7-3-8-14-20/h2-17,22-24H,18H2,1H3/t22-,23-,24-/m0/s1. The Balaban J connectivity index is 1.93. The summed E-state index contributed by atoms with van der Waals surface area (Å²) >= 11 is 0. The van der Waals surface area contributed by atoms with E-state index in [9.17, 15) is 27.6 Å². The molecule has 0 fully saturated rings. The highest BCUT2D eigenvalue weighted by Gasteiger charge is 2.40. The van der Waals surface area contributed by atoms with Gasteiger partial charge in [-0.05, 0) is 36.4 Å². The van der Waals surface area contributed by atoms with Crippen LogP contribution in [-0.2, 0) is 33.3 Å². The van der Waals surface area contributed by atoms with Gasteiger partial charge in [0.05, 0.1) is 22.9 Å². The summed E-state index contributed by atoms with van der Waals surface area (Å²) in [6.07, 6.45) is -4.49. The molecule has 3 atom stereocenters. The number of ether oxygens (including phenoxy) is 3. The predicted molar refractivity (Wildman–Crippen MR) is 134 cm³/mol. The topological polar surface area (TPSA) is 139 Å². The maximum atomic E-state index is 12.9. The second kappa shape index (κ2) is 13.3. The highest BCUT2D eigenvalue weighted by molar-refractivity contribution is 7.86. The summed E-state index contributed by atoms with van der Waals surface area (Å²) < 4.78 is 45.1. The number of aldehydes is 1. The van der Waals surface area contributed by atoms with Gasteiger partial charge in [-0.15, -0.1) is 0 Å². The van der Waals surface area contributed by atoms with Crippen LogP contribution in [0.2, 0.25) is 0 Å². The molecule has 0 aromatic heterocycles. The minimum atomic E-state index is -4.24. The number of carbonyl (C=O) groups excluding carboxylic acids is 4. The van der Waals surface area contributed by atoms with Gasteiger partial charge in [-0.3, -0.25) is 8.98 Å². The van der Waals surface area contributed by atoms with Crippen LogP contribution in [0.1, 0.15) is 31.1 Å². The van der Waals surface area contributed by atoms with Crippen molar-refractivity contribution in [3.8, 4) is 0 Å². The molecule has 11 heteroatoms. The summed E-state index contributed by atoms with van der Waals surface area (Å²) in [5, 5.41) is 0. The Morgan fingerprint density at radius 3 is 1.55 bits per heavy atom. The van der Waals surface area contributed by atoms with Gasteiger partial charge in [0.1, 0.15) is 6.61 Å². The zero-order valence-corrected chi connectivity index (χ0v) is 21.0. The maximum Gasteiger partial charge on any atom is 0.338 e. The minimum Gasteiger partial charge on any atom is -0.459 e. The molecule has 198 valence electrons. The van der Waals surface area contributed by atoms with E-state index < -0.39 is 52.9 Å². The normalized spacial score (nSPS) is 13.4. The molecule has 0 spiro atoms. The first-order valence-electron chi connectivity index (χ1n) is 11.3. The number of rotatable bonds is 12. The maximum absolute atomic E-state index is 12.9. The first-order valence-corrected chi connectivity index (χ1v) is 13.1. The van der Waals surface area contributed by atoms with Crippen LogP contribution in [0.5, 0.6) is 0 Å². The van der Waals surface area contributed by atoms with Gasteiger partial charge in [0.15, 0.2) is 24.6 Å². The molecule has 0 unspecified atom stereocenters. The number of hydrogen-bond donors (Lipinski definition) is 0. The van der Waals surface area contributed by atoms with Gasteiger partial charge in [-0.2, -0.15) is 8.42 Å². The van der Waals surface area contributed by atoms with E-state index in [1.165, 1.54) is 36.4 Å². The van der Waals surface area contributed by atoms with E-state index in [0.717, 1.165) is 6.26 Å². The van der Waals surface area contributed by atoms with Gasteiger partial charge in [-0.1, -0.05) is 54.6 Å². The van der Waals surface area contributed by atoms with Crippen molar-refractivity contribution in [2.75, 3.05) is 12.9 Å². The molecule has 0 aliphatic rings. The van der Waals surface area contributed by atoms with E-state index in [4.69, 9.17) is 18.4 Å². The molecule has 0 bridgehead atoms. The van der Waals surface area contributed by atoms with Crippen molar-refractivity contribution in [3.05, 3.63) is 108 Å². The Bertz CT molecular complexity index is 1340. The molecule has 10 nitrogen and oxygen atoms in total. The van der Waals surface area contributed by atoms with Gasteiger partial charge in [0, 0.05) is 0 Å². The first kappa shape index (κ1) is 28.2. The third-order valence-electron chi connectivity index (χ3n) is 5.02. The molecule has 3 aromatic carbocycles. The molecule has 0 aliphatic carbocycles. The van der Waals surface area contributed by atoms with Crippen LogP contribution in [0.25, 0.3) is 0 Å². The third kappa shape index (κ3) is 8.36. The monoisotopic (exact) mass is 540 g/mol. The number of carbonyl (C=O) groups is 4. The van der Waals surface area contributed by atoms with Crippen LogP contribution in [0.3, 0.4) is 0 Å². The molecule has 3 rings (SSSR count). The molecular formula is C27H24O10S. The van der Waals surface area contributed by atoms with E-state index in [1.54, 1.807) is 54.6 Å². The van der Waals surface area contributed by atoms with Crippen molar-refractivity contribution < 1.29 is 46.0 Å². The van der Waals surface area contributed by atoms with Gasteiger partial charge >= 0.3 is 17.9 Å². The highest BCUT2D eigenvalue weighted by Crippen LogP contribution is 2.19. The van der Waals surface area contributed by atoms with Gasteiger partial charge in [0.25, 0.3) is 10.1 Å². The molecule has 0 saturated carbocycles.